The van der Waals surface area contributed by atoms with Crippen molar-refractivity contribution in [2.75, 3.05) is 24.0 Å². The molecule has 0 fully saturated rings. The van der Waals surface area contributed by atoms with Crippen molar-refractivity contribution in [3.05, 3.63) is 408 Å². The van der Waals surface area contributed by atoms with Crippen LogP contribution in [0.15, 0.2) is 329 Å². The van der Waals surface area contributed by atoms with E-state index in [-0.39, 0.29) is 0 Å². The van der Waals surface area contributed by atoms with Crippen LogP contribution in [0.1, 0.15) is 55.6 Å². The van der Waals surface area contributed by atoms with Gasteiger partial charge in [0.2, 0.25) is 0 Å². The standard InChI is InChI=1S/C92H64F4N2O4/c1-5-59-15-39-75(40-16-59)101-77-47-27-65(28-48-77)91(63-23-43-73(99-3)44-24-63)83-13-9-7-11-79(83)81-51-35-69(55-85(81)91)97(71-37-53-87(93)89(95)57-71)67-31-19-61(20-32-67)62-21-33-68(34-22-62)98(72-38-54-88(94)90(96)58-72)70-36-52-82-80-12-8-10-14-84(80)92(86(82)56-70,64-25-45-74(100-4)46-26-64)66-29-49-78(50-30-66)102-76-41-17-60(6-2)18-42-76/h5-58H,1-2H2,3-4H3. The van der Waals surface area contributed by atoms with Gasteiger partial charge in [-0.05, 0) is 235 Å². The van der Waals surface area contributed by atoms with Gasteiger partial charge in [-0.25, -0.2) is 17.6 Å². The fourth-order valence-electron chi connectivity index (χ4n) is 15.0. The Balaban J connectivity index is 0.777. The minimum absolute atomic E-state index is 0.405. The van der Waals surface area contributed by atoms with Crippen molar-refractivity contribution in [1.82, 2.24) is 0 Å². The molecule has 2 atom stereocenters. The molecule has 0 spiro atoms. The van der Waals surface area contributed by atoms with Crippen molar-refractivity contribution in [3.63, 3.8) is 0 Å². The van der Waals surface area contributed by atoms with Gasteiger partial charge in [0.25, 0.3) is 0 Å². The largest absolute Gasteiger partial charge is 0.497 e. The summed E-state index contributed by atoms with van der Waals surface area (Å²) in [6.07, 6.45) is 3.59. The molecule has 0 saturated carbocycles. The zero-order valence-electron chi connectivity index (χ0n) is 55.6. The molecule has 494 valence electrons. The fraction of sp³-hybridized carbons (Fsp3) is 0.0435. The number of hydrogen-bond donors (Lipinski definition) is 0. The van der Waals surface area contributed by atoms with Crippen molar-refractivity contribution < 1.29 is 36.5 Å². The maximum Gasteiger partial charge on any atom is 0.160 e. The van der Waals surface area contributed by atoms with Crippen LogP contribution in [-0.4, -0.2) is 14.2 Å². The van der Waals surface area contributed by atoms with Crippen LogP contribution in [0.3, 0.4) is 0 Å². The van der Waals surface area contributed by atoms with Crippen molar-refractivity contribution in [1.29, 1.82) is 0 Å². The third-order valence-corrected chi connectivity index (χ3v) is 19.8. The number of hydrogen-bond acceptors (Lipinski definition) is 6. The van der Waals surface area contributed by atoms with E-state index in [0.717, 1.165) is 101 Å². The normalized spacial score (nSPS) is 14.5. The van der Waals surface area contributed by atoms with Gasteiger partial charge in [0.15, 0.2) is 23.3 Å². The van der Waals surface area contributed by atoms with Gasteiger partial charge in [0.1, 0.15) is 34.5 Å². The van der Waals surface area contributed by atoms with Gasteiger partial charge in [0, 0.05) is 46.3 Å². The molecule has 0 aliphatic heterocycles. The Morgan fingerprint density at radius 2 is 0.559 bits per heavy atom. The zero-order chi connectivity index (χ0) is 69.6. The molecule has 0 saturated heterocycles. The first kappa shape index (κ1) is 63.8. The molecule has 2 unspecified atom stereocenters. The molecular formula is C92H64F4N2O4. The van der Waals surface area contributed by atoms with Gasteiger partial charge in [-0.2, -0.15) is 0 Å². The van der Waals surface area contributed by atoms with E-state index in [4.69, 9.17) is 18.9 Å². The van der Waals surface area contributed by atoms with Crippen LogP contribution in [0.4, 0.5) is 51.7 Å². The fourth-order valence-corrected chi connectivity index (χ4v) is 15.0. The lowest BCUT2D eigenvalue weighted by Crippen LogP contribution is -2.28. The Kier molecular flexibility index (Phi) is 16.5. The van der Waals surface area contributed by atoms with Gasteiger partial charge in [0.05, 0.1) is 25.0 Å². The number of fused-ring (bicyclic) bond motifs is 6. The lowest BCUT2D eigenvalue weighted by Gasteiger charge is -2.35. The molecule has 0 aromatic heterocycles. The quantitative estimate of drug-likeness (QED) is 0.0752. The maximum atomic E-state index is 15.8. The van der Waals surface area contributed by atoms with Crippen molar-refractivity contribution in [3.8, 4) is 67.9 Å². The number of anilines is 6. The number of ether oxygens (including phenoxy) is 4. The lowest BCUT2D eigenvalue weighted by molar-refractivity contribution is 0.414. The second kappa shape index (κ2) is 26.4. The molecular weight excluding hydrogens is 1270 g/mol. The summed E-state index contributed by atoms with van der Waals surface area (Å²) in [7, 11) is 3.30. The minimum atomic E-state index is -0.989. The molecule has 102 heavy (non-hydrogen) atoms. The Labute approximate surface area is 589 Å². The highest BCUT2D eigenvalue weighted by molar-refractivity contribution is 5.92. The molecule has 0 N–H and O–H groups in total. The molecule has 10 heteroatoms. The third-order valence-electron chi connectivity index (χ3n) is 19.8. The van der Waals surface area contributed by atoms with Crippen LogP contribution in [-0.2, 0) is 10.8 Å². The highest BCUT2D eigenvalue weighted by atomic mass is 19.2. The SMILES string of the molecule is C=Cc1ccc(Oc2ccc(C3(c4ccc(OC)cc4)c4ccccc4-c4ccc(N(c5ccc(-c6ccc(N(c7ccc(F)c(F)c7)c7ccc8c(c7)C(c7ccc(OC)cc7)(c7ccc(Oc9ccc(C=C)cc9)cc7)c7ccccc7-8)cc6)cc5)c5ccc(F)c(F)c5)cc43)cc2)cc1. The molecule has 16 rings (SSSR count). The summed E-state index contributed by atoms with van der Waals surface area (Å²) in [5.41, 5.74) is 17.7. The van der Waals surface area contributed by atoms with Gasteiger partial charge in [-0.1, -0.05) is 183 Å². The molecule has 0 heterocycles. The van der Waals surface area contributed by atoms with Gasteiger partial charge in [-0.15, -0.1) is 0 Å². The number of halogens is 4. The molecule has 6 nitrogen and oxygen atoms in total. The average molecular weight is 1340 g/mol. The number of benzene rings is 14. The summed E-state index contributed by atoms with van der Waals surface area (Å²) in [6.45, 7) is 7.78. The summed E-state index contributed by atoms with van der Waals surface area (Å²) in [6, 6.07) is 102. The number of rotatable bonds is 19. The predicted octanol–water partition coefficient (Wildman–Crippen LogP) is 24.5. The first-order valence-corrected chi connectivity index (χ1v) is 33.5. The van der Waals surface area contributed by atoms with Crippen molar-refractivity contribution in [2.45, 2.75) is 10.8 Å². The monoisotopic (exact) mass is 1340 g/mol. The highest BCUT2D eigenvalue weighted by Gasteiger charge is 2.48. The Morgan fingerprint density at radius 1 is 0.275 bits per heavy atom. The molecule has 2 aliphatic carbocycles. The van der Waals surface area contributed by atoms with E-state index >= 15 is 17.6 Å². The first-order valence-electron chi connectivity index (χ1n) is 33.5. The van der Waals surface area contributed by atoms with Crippen LogP contribution < -0.4 is 28.7 Å². The maximum absolute atomic E-state index is 15.8. The van der Waals surface area contributed by atoms with Crippen LogP contribution in [0, 0.1) is 23.3 Å². The van der Waals surface area contributed by atoms with Crippen LogP contribution >= 0.6 is 0 Å². The summed E-state index contributed by atoms with van der Waals surface area (Å²) >= 11 is 0. The smallest absolute Gasteiger partial charge is 0.160 e. The second-order valence-corrected chi connectivity index (χ2v) is 25.3. The van der Waals surface area contributed by atoms with Gasteiger partial charge < -0.3 is 28.7 Å². The van der Waals surface area contributed by atoms with Crippen molar-refractivity contribution in [2.24, 2.45) is 0 Å². The average Bonchev–Trinajstić information content (AvgIpc) is 1.54. The van der Waals surface area contributed by atoms with Crippen molar-refractivity contribution >= 4 is 46.3 Å². The predicted molar refractivity (Wildman–Crippen MR) is 402 cm³/mol. The summed E-state index contributed by atoms with van der Waals surface area (Å²) in [5, 5.41) is 0. The Morgan fingerprint density at radius 3 is 0.882 bits per heavy atom. The van der Waals surface area contributed by atoms with E-state index in [1.54, 1.807) is 38.5 Å². The van der Waals surface area contributed by atoms with E-state index in [9.17, 15) is 0 Å². The zero-order valence-corrected chi connectivity index (χ0v) is 55.6. The highest BCUT2D eigenvalue weighted by Crippen LogP contribution is 2.60. The molecule has 0 amide bonds. The van der Waals surface area contributed by atoms with E-state index < -0.39 is 34.1 Å². The molecule has 0 radical (unpaired) electrons. The van der Waals surface area contributed by atoms with E-state index in [1.807, 2.05) is 180 Å². The summed E-state index contributed by atoms with van der Waals surface area (Å²) < 4.78 is 85.8. The molecule has 14 aromatic rings. The molecule has 2 aliphatic rings. The van der Waals surface area contributed by atoms with E-state index in [2.05, 4.69) is 122 Å². The van der Waals surface area contributed by atoms with Gasteiger partial charge in [-0.3, -0.25) is 0 Å². The lowest BCUT2D eigenvalue weighted by atomic mass is 9.67. The van der Waals surface area contributed by atoms with Crippen LogP contribution in [0.2, 0.25) is 0 Å². The topological polar surface area (TPSA) is 43.4 Å². The molecule has 14 aromatic carbocycles. The molecule has 0 bridgehead atoms. The van der Waals surface area contributed by atoms with E-state index in [1.165, 1.54) is 12.1 Å². The van der Waals surface area contributed by atoms with Crippen LogP contribution in [0.5, 0.6) is 34.5 Å². The van der Waals surface area contributed by atoms with E-state index in [0.29, 0.717) is 68.6 Å². The third kappa shape index (κ3) is 11.1. The second-order valence-electron chi connectivity index (χ2n) is 25.3. The Hall–Kier alpha value is -12.9. The van der Waals surface area contributed by atoms with Crippen LogP contribution in [0.25, 0.3) is 45.5 Å². The number of methoxy groups -OCH3 is 2. The number of nitrogens with zero attached hydrogens (tertiary/aromatic N) is 2. The Bertz CT molecular complexity index is 5150. The first-order chi connectivity index (χ1) is 49.9. The summed E-state index contributed by atoms with van der Waals surface area (Å²) in [5.74, 6) is 0.222. The minimum Gasteiger partial charge on any atom is -0.497 e. The summed E-state index contributed by atoms with van der Waals surface area (Å²) in [4.78, 5) is 3.89. The van der Waals surface area contributed by atoms with Gasteiger partial charge >= 0.3 is 0 Å².